The Morgan fingerprint density at radius 2 is 2.32 bits per heavy atom. The molecule has 0 aliphatic heterocycles. The summed E-state index contributed by atoms with van der Waals surface area (Å²) in [6.45, 7) is 2.18. The number of carbonyl (C=O) groups excluding carboxylic acids is 1. The first-order valence-corrected chi connectivity index (χ1v) is 6.46. The fourth-order valence-corrected chi connectivity index (χ4v) is 2.16. The quantitative estimate of drug-likeness (QED) is 0.789. The Morgan fingerprint density at radius 1 is 1.47 bits per heavy atom. The number of ether oxygens (including phenoxy) is 1. The van der Waals surface area contributed by atoms with E-state index < -0.39 is 0 Å². The minimum atomic E-state index is -0.292. The van der Waals surface area contributed by atoms with Crippen molar-refractivity contribution in [2.45, 2.75) is 25.7 Å². The molecule has 2 aromatic heterocycles. The Bertz CT molecular complexity index is 588. The van der Waals surface area contributed by atoms with E-state index in [9.17, 15) is 4.79 Å². The number of aromatic nitrogens is 3. The van der Waals surface area contributed by atoms with Crippen LogP contribution in [0.2, 0.25) is 0 Å². The number of nitrogens with zero attached hydrogens (tertiary/aromatic N) is 3. The molecule has 0 amide bonds. The van der Waals surface area contributed by atoms with Crippen molar-refractivity contribution in [3.05, 3.63) is 42.0 Å². The van der Waals surface area contributed by atoms with Crippen LogP contribution >= 0.6 is 0 Å². The molecule has 0 unspecified atom stereocenters. The lowest BCUT2D eigenvalue weighted by molar-refractivity contribution is 0.0525. The lowest BCUT2D eigenvalue weighted by atomic mass is 10.1. The van der Waals surface area contributed by atoms with Gasteiger partial charge < -0.3 is 4.74 Å². The van der Waals surface area contributed by atoms with Crippen LogP contribution in [0.25, 0.3) is 5.69 Å². The normalized spacial score (nSPS) is 14.4. The molecule has 1 aliphatic carbocycles. The Balaban J connectivity index is 2.04. The van der Waals surface area contributed by atoms with Gasteiger partial charge in [-0.25, -0.2) is 9.48 Å². The van der Waals surface area contributed by atoms with Crippen LogP contribution in [-0.2, 0) is 4.74 Å². The van der Waals surface area contributed by atoms with Gasteiger partial charge in [0.25, 0.3) is 0 Å². The summed E-state index contributed by atoms with van der Waals surface area (Å²) in [4.78, 5) is 16.0. The average Bonchev–Trinajstić information content (AvgIpc) is 3.18. The third-order valence-electron chi connectivity index (χ3n) is 3.16. The van der Waals surface area contributed by atoms with Crippen molar-refractivity contribution in [3.63, 3.8) is 0 Å². The maximum atomic E-state index is 12.0. The second-order valence-corrected chi connectivity index (χ2v) is 4.56. The van der Waals surface area contributed by atoms with Crippen LogP contribution in [-0.4, -0.2) is 27.3 Å². The fourth-order valence-electron chi connectivity index (χ4n) is 2.16. The lowest BCUT2D eigenvalue weighted by Gasteiger charge is -2.08. The van der Waals surface area contributed by atoms with Gasteiger partial charge in [0.15, 0.2) is 0 Å². The molecule has 3 rings (SSSR count). The molecule has 5 nitrogen and oxygen atoms in total. The van der Waals surface area contributed by atoms with Crippen molar-refractivity contribution in [3.8, 4) is 5.69 Å². The third-order valence-corrected chi connectivity index (χ3v) is 3.16. The molecule has 0 atom stereocenters. The second kappa shape index (κ2) is 4.84. The van der Waals surface area contributed by atoms with E-state index in [-0.39, 0.29) is 5.97 Å². The van der Waals surface area contributed by atoms with Gasteiger partial charge in [0, 0.05) is 12.1 Å². The van der Waals surface area contributed by atoms with Crippen LogP contribution in [0.3, 0.4) is 0 Å². The largest absolute Gasteiger partial charge is 0.462 e. The number of hydrogen-bond donors (Lipinski definition) is 0. The van der Waals surface area contributed by atoms with E-state index in [1.54, 1.807) is 30.2 Å². The minimum absolute atomic E-state index is 0.292. The van der Waals surface area contributed by atoms with Crippen molar-refractivity contribution in [1.29, 1.82) is 0 Å². The summed E-state index contributed by atoms with van der Waals surface area (Å²) in [7, 11) is 0. The highest BCUT2D eigenvalue weighted by Crippen LogP contribution is 2.42. The van der Waals surface area contributed by atoms with E-state index in [2.05, 4.69) is 10.1 Å². The van der Waals surface area contributed by atoms with Crippen molar-refractivity contribution < 1.29 is 9.53 Å². The average molecular weight is 257 g/mol. The predicted molar refractivity (Wildman–Crippen MR) is 69.3 cm³/mol. The van der Waals surface area contributed by atoms with E-state index >= 15 is 0 Å². The lowest BCUT2D eigenvalue weighted by Crippen LogP contribution is -2.09. The molecule has 1 saturated carbocycles. The molecular weight excluding hydrogens is 242 g/mol. The molecule has 1 aliphatic rings. The minimum Gasteiger partial charge on any atom is -0.462 e. The smallest absolute Gasteiger partial charge is 0.341 e. The molecule has 0 bridgehead atoms. The van der Waals surface area contributed by atoms with Crippen molar-refractivity contribution in [2.24, 2.45) is 0 Å². The standard InChI is InChI=1S/C14H15N3O2/c1-2-19-14(18)12-9-16-17(13(12)10-5-6-10)11-4-3-7-15-8-11/h3-4,7-10H,2,5-6H2,1H3. The Hall–Kier alpha value is -2.17. The SMILES string of the molecule is CCOC(=O)c1cnn(-c2cccnc2)c1C1CC1. The van der Waals surface area contributed by atoms with Crippen LogP contribution in [0.5, 0.6) is 0 Å². The van der Waals surface area contributed by atoms with Gasteiger partial charge in [0.2, 0.25) is 0 Å². The molecule has 0 spiro atoms. The summed E-state index contributed by atoms with van der Waals surface area (Å²) in [6, 6.07) is 3.79. The van der Waals surface area contributed by atoms with E-state index in [0.29, 0.717) is 18.1 Å². The monoisotopic (exact) mass is 257 g/mol. The second-order valence-electron chi connectivity index (χ2n) is 4.56. The van der Waals surface area contributed by atoms with Gasteiger partial charge in [-0.3, -0.25) is 4.98 Å². The van der Waals surface area contributed by atoms with Gasteiger partial charge in [-0.1, -0.05) is 0 Å². The van der Waals surface area contributed by atoms with Gasteiger partial charge in [-0.2, -0.15) is 5.10 Å². The van der Waals surface area contributed by atoms with E-state index in [4.69, 9.17) is 4.74 Å². The summed E-state index contributed by atoms with van der Waals surface area (Å²) in [5.41, 5.74) is 2.40. The third kappa shape index (κ3) is 2.23. The fraction of sp³-hybridized carbons (Fsp3) is 0.357. The van der Waals surface area contributed by atoms with Gasteiger partial charge in [-0.05, 0) is 31.9 Å². The van der Waals surface area contributed by atoms with Crippen LogP contribution in [0.15, 0.2) is 30.7 Å². The number of carbonyl (C=O) groups is 1. The van der Waals surface area contributed by atoms with Gasteiger partial charge in [0.1, 0.15) is 5.56 Å². The Morgan fingerprint density at radius 3 is 2.95 bits per heavy atom. The molecule has 5 heteroatoms. The van der Waals surface area contributed by atoms with E-state index in [1.165, 1.54) is 0 Å². The molecule has 2 heterocycles. The highest BCUT2D eigenvalue weighted by atomic mass is 16.5. The highest BCUT2D eigenvalue weighted by Gasteiger charge is 2.33. The molecule has 0 aromatic carbocycles. The summed E-state index contributed by atoms with van der Waals surface area (Å²) in [5, 5.41) is 4.33. The summed E-state index contributed by atoms with van der Waals surface area (Å²) < 4.78 is 6.89. The Labute approximate surface area is 111 Å². The molecule has 0 saturated heterocycles. The summed E-state index contributed by atoms with van der Waals surface area (Å²) in [6.07, 6.45) is 7.25. The number of rotatable bonds is 4. The van der Waals surface area contributed by atoms with Crippen molar-refractivity contribution >= 4 is 5.97 Å². The molecule has 2 aromatic rings. The zero-order valence-electron chi connectivity index (χ0n) is 10.7. The van der Waals surface area contributed by atoms with Crippen LogP contribution in [0.1, 0.15) is 41.7 Å². The molecule has 98 valence electrons. The Kier molecular flexibility index (Phi) is 3.03. The maximum absolute atomic E-state index is 12.0. The van der Waals surface area contributed by atoms with E-state index in [0.717, 1.165) is 24.2 Å². The zero-order valence-corrected chi connectivity index (χ0v) is 10.7. The van der Waals surface area contributed by atoms with Crippen molar-refractivity contribution in [2.75, 3.05) is 6.61 Å². The van der Waals surface area contributed by atoms with Crippen LogP contribution < -0.4 is 0 Å². The molecular formula is C14H15N3O2. The van der Waals surface area contributed by atoms with Gasteiger partial charge in [0.05, 0.1) is 30.4 Å². The van der Waals surface area contributed by atoms with Crippen molar-refractivity contribution in [1.82, 2.24) is 14.8 Å². The molecule has 0 radical (unpaired) electrons. The van der Waals surface area contributed by atoms with Crippen LogP contribution in [0, 0.1) is 0 Å². The summed E-state index contributed by atoms with van der Waals surface area (Å²) >= 11 is 0. The molecule has 0 N–H and O–H groups in total. The number of esters is 1. The predicted octanol–water partition coefficient (Wildman–Crippen LogP) is 2.32. The number of hydrogen-bond acceptors (Lipinski definition) is 4. The molecule has 1 fully saturated rings. The van der Waals surface area contributed by atoms with Crippen LogP contribution in [0.4, 0.5) is 0 Å². The number of pyridine rings is 1. The molecule has 19 heavy (non-hydrogen) atoms. The first kappa shape index (κ1) is 11.9. The summed E-state index contributed by atoms with van der Waals surface area (Å²) in [5.74, 6) is 0.113. The first-order chi connectivity index (χ1) is 9.31. The highest BCUT2D eigenvalue weighted by molar-refractivity contribution is 5.91. The van der Waals surface area contributed by atoms with Gasteiger partial charge >= 0.3 is 5.97 Å². The first-order valence-electron chi connectivity index (χ1n) is 6.46. The topological polar surface area (TPSA) is 57.0 Å². The van der Waals surface area contributed by atoms with E-state index in [1.807, 2.05) is 12.1 Å². The zero-order chi connectivity index (χ0) is 13.2. The maximum Gasteiger partial charge on any atom is 0.341 e. The van der Waals surface area contributed by atoms with Gasteiger partial charge in [-0.15, -0.1) is 0 Å².